The van der Waals surface area contributed by atoms with Gasteiger partial charge in [0.25, 0.3) is 0 Å². The topological polar surface area (TPSA) is 12.9 Å². The van der Waals surface area contributed by atoms with Gasteiger partial charge in [-0.05, 0) is 118 Å². The van der Waals surface area contributed by atoms with Gasteiger partial charge in [-0.25, -0.2) is 4.98 Å². The first-order chi connectivity index (χ1) is 28.3. The highest BCUT2D eigenvalue weighted by atomic mass is 14.7. The molecule has 0 N–H and O–H groups in total. The molecule has 0 radical (unpaired) electrons. The van der Waals surface area contributed by atoms with Crippen molar-refractivity contribution in [2.24, 2.45) is 0 Å². The van der Waals surface area contributed by atoms with Crippen LogP contribution in [0.1, 0.15) is 22.6 Å². The van der Waals surface area contributed by atoms with Crippen LogP contribution in [0.2, 0.25) is 0 Å². The number of fused-ring (bicyclic) bond motifs is 12. The van der Waals surface area contributed by atoms with Crippen LogP contribution in [0.15, 0.2) is 206 Å². The fourth-order valence-corrected chi connectivity index (χ4v) is 9.68. The quantitative estimate of drug-likeness (QED) is 0.165. The highest BCUT2D eigenvalue weighted by Gasteiger charge is 2.33. The minimum atomic E-state index is 0.144. The SMILES string of the molecule is c1ccc(-c2cc3ccc(-c4ccc5cc(-c6ccc7c(c6)C(c6ccccc6)c6c-7c7ccccc7c7ccccc67)ccc5c4)nc3c3ccccc23)cc1. The van der Waals surface area contributed by atoms with Crippen molar-refractivity contribution >= 4 is 54.0 Å². The Kier molecular flexibility index (Phi) is 7.06. The van der Waals surface area contributed by atoms with Crippen LogP contribution < -0.4 is 0 Å². The normalized spacial score (nSPS) is 13.4. The van der Waals surface area contributed by atoms with E-state index in [0.717, 1.165) is 22.2 Å². The van der Waals surface area contributed by atoms with Crippen LogP contribution >= 0.6 is 0 Å². The van der Waals surface area contributed by atoms with E-state index in [1.54, 1.807) is 0 Å². The van der Waals surface area contributed by atoms with E-state index in [1.807, 2.05) is 0 Å². The number of benzene rings is 10. The van der Waals surface area contributed by atoms with E-state index in [2.05, 4.69) is 206 Å². The Morgan fingerprint density at radius 3 is 1.67 bits per heavy atom. The van der Waals surface area contributed by atoms with E-state index in [-0.39, 0.29) is 5.92 Å². The predicted molar refractivity (Wildman–Crippen MR) is 241 cm³/mol. The maximum absolute atomic E-state index is 5.30. The summed E-state index contributed by atoms with van der Waals surface area (Å²) in [6.07, 6.45) is 0. The smallest absolute Gasteiger partial charge is 0.0788 e. The van der Waals surface area contributed by atoms with E-state index in [9.17, 15) is 0 Å². The van der Waals surface area contributed by atoms with E-state index < -0.39 is 0 Å². The zero-order valence-electron chi connectivity index (χ0n) is 31.2. The zero-order valence-corrected chi connectivity index (χ0v) is 31.2. The third-order valence-corrected chi connectivity index (χ3v) is 12.3. The Morgan fingerprint density at radius 1 is 0.333 bits per heavy atom. The monoisotopic (exact) mass is 721 g/mol. The molecule has 264 valence electrons. The molecule has 1 aromatic heterocycles. The van der Waals surface area contributed by atoms with E-state index in [4.69, 9.17) is 4.98 Å². The Hall–Kier alpha value is -7.35. The standard InChI is InChI=1S/C56H35N/c1-3-13-35(14-4-1)50-34-42-28-30-52(57-56(42)49-22-12-9-19-45(49)50)41-26-25-37-31-38(23-24-39(37)32-41)40-27-29-48-51(33-40)53(36-15-5-2-6-16-36)55-47-21-11-8-18-44(47)43-17-7-10-20-46(43)54(48)55/h1-34,53H. The summed E-state index contributed by atoms with van der Waals surface area (Å²) in [5, 5.41) is 11.3. The average molecular weight is 722 g/mol. The van der Waals surface area contributed by atoms with Crippen molar-refractivity contribution in [2.45, 2.75) is 5.92 Å². The lowest BCUT2D eigenvalue weighted by Gasteiger charge is -2.18. The Balaban J connectivity index is 0.956. The summed E-state index contributed by atoms with van der Waals surface area (Å²) in [6, 6.07) is 75.8. The number of hydrogen-bond acceptors (Lipinski definition) is 1. The Morgan fingerprint density at radius 2 is 0.895 bits per heavy atom. The first-order valence-corrected chi connectivity index (χ1v) is 19.8. The molecule has 0 saturated heterocycles. The maximum Gasteiger partial charge on any atom is 0.0788 e. The second-order valence-corrected chi connectivity index (χ2v) is 15.4. The van der Waals surface area contributed by atoms with Gasteiger partial charge in [-0.3, -0.25) is 0 Å². The van der Waals surface area contributed by atoms with Crippen molar-refractivity contribution < 1.29 is 0 Å². The summed E-state index contributed by atoms with van der Waals surface area (Å²) in [5.74, 6) is 0.144. The molecule has 1 atom stereocenters. The van der Waals surface area contributed by atoms with Gasteiger partial charge in [0.05, 0.1) is 11.2 Å². The minimum absolute atomic E-state index is 0.144. The van der Waals surface area contributed by atoms with Gasteiger partial charge < -0.3 is 0 Å². The summed E-state index contributed by atoms with van der Waals surface area (Å²) in [5.41, 5.74) is 14.9. The molecule has 0 amide bonds. The first-order valence-electron chi connectivity index (χ1n) is 19.8. The van der Waals surface area contributed by atoms with Crippen molar-refractivity contribution in [3.8, 4) is 44.6 Å². The zero-order chi connectivity index (χ0) is 37.5. The van der Waals surface area contributed by atoms with Gasteiger partial charge in [-0.2, -0.15) is 0 Å². The third kappa shape index (κ3) is 4.99. The van der Waals surface area contributed by atoms with Crippen molar-refractivity contribution in [2.75, 3.05) is 0 Å². The van der Waals surface area contributed by atoms with Crippen molar-refractivity contribution in [3.05, 3.63) is 223 Å². The van der Waals surface area contributed by atoms with Gasteiger partial charge in [0.1, 0.15) is 0 Å². The number of aromatic nitrogens is 1. The molecule has 0 bridgehead atoms. The molecule has 0 spiro atoms. The van der Waals surface area contributed by atoms with E-state index >= 15 is 0 Å². The van der Waals surface area contributed by atoms with Gasteiger partial charge in [0.15, 0.2) is 0 Å². The van der Waals surface area contributed by atoms with Crippen LogP contribution in [0.4, 0.5) is 0 Å². The minimum Gasteiger partial charge on any atom is -0.247 e. The molecule has 1 aliphatic rings. The summed E-state index contributed by atoms with van der Waals surface area (Å²) in [7, 11) is 0. The van der Waals surface area contributed by atoms with Crippen LogP contribution in [0.3, 0.4) is 0 Å². The Bertz CT molecular complexity index is 3400. The lowest BCUT2D eigenvalue weighted by Crippen LogP contribution is -2.00. The molecule has 10 aromatic carbocycles. The fraction of sp³-hybridized carbons (Fsp3) is 0.0179. The molecule has 0 saturated carbocycles. The lowest BCUT2D eigenvalue weighted by molar-refractivity contribution is 1.03. The average Bonchev–Trinajstić information content (AvgIpc) is 3.64. The second-order valence-electron chi connectivity index (χ2n) is 15.4. The first kappa shape index (κ1) is 31.9. The fourth-order valence-electron chi connectivity index (χ4n) is 9.68. The molecule has 1 unspecified atom stereocenters. The van der Waals surface area contributed by atoms with Crippen molar-refractivity contribution in [1.29, 1.82) is 0 Å². The molecular weight excluding hydrogens is 687 g/mol. The molecule has 57 heavy (non-hydrogen) atoms. The van der Waals surface area contributed by atoms with Crippen molar-refractivity contribution in [3.63, 3.8) is 0 Å². The van der Waals surface area contributed by atoms with Gasteiger partial charge in [-0.1, -0.05) is 176 Å². The molecule has 1 nitrogen and oxygen atoms in total. The van der Waals surface area contributed by atoms with Crippen molar-refractivity contribution in [1.82, 2.24) is 4.98 Å². The number of nitrogens with zero attached hydrogens (tertiary/aromatic N) is 1. The highest BCUT2D eigenvalue weighted by Crippen LogP contribution is 2.54. The summed E-state index contributed by atoms with van der Waals surface area (Å²) in [6.45, 7) is 0. The van der Waals surface area contributed by atoms with Crippen LogP contribution in [0.25, 0.3) is 98.6 Å². The maximum atomic E-state index is 5.30. The van der Waals surface area contributed by atoms with Crippen LogP contribution in [-0.2, 0) is 0 Å². The van der Waals surface area contributed by atoms with Gasteiger partial charge >= 0.3 is 0 Å². The lowest BCUT2D eigenvalue weighted by atomic mass is 9.84. The van der Waals surface area contributed by atoms with Gasteiger partial charge in [0, 0.05) is 22.3 Å². The molecule has 1 heteroatoms. The largest absolute Gasteiger partial charge is 0.247 e. The predicted octanol–water partition coefficient (Wildman–Crippen LogP) is 15.0. The van der Waals surface area contributed by atoms with E-state index in [1.165, 1.54) is 93.2 Å². The molecular formula is C56H35N. The van der Waals surface area contributed by atoms with Crippen LogP contribution in [0, 0.1) is 0 Å². The summed E-state index contributed by atoms with van der Waals surface area (Å²) < 4.78 is 0. The Labute approximate surface area is 331 Å². The van der Waals surface area contributed by atoms with Crippen LogP contribution in [-0.4, -0.2) is 4.98 Å². The highest BCUT2D eigenvalue weighted by molar-refractivity contribution is 6.18. The molecule has 1 aliphatic carbocycles. The third-order valence-electron chi connectivity index (χ3n) is 12.3. The number of rotatable bonds is 4. The van der Waals surface area contributed by atoms with E-state index in [0.29, 0.717) is 0 Å². The van der Waals surface area contributed by atoms with Gasteiger partial charge in [0.2, 0.25) is 0 Å². The summed E-state index contributed by atoms with van der Waals surface area (Å²) >= 11 is 0. The molecule has 11 aromatic rings. The molecule has 12 rings (SSSR count). The molecule has 0 fully saturated rings. The molecule has 1 heterocycles. The summed E-state index contributed by atoms with van der Waals surface area (Å²) in [4.78, 5) is 5.30. The van der Waals surface area contributed by atoms with Gasteiger partial charge in [-0.15, -0.1) is 0 Å². The number of pyridine rings is 1. The second kappa shape index (κ2) is 12.6. The number of hydrogen-bond donors (Lipinski definition) is 0. The van der Waals surface area contributed by atoms with Crippen LogP contribution in [0.5, 0.6) is 0 Å². The molecule has 0 aliphatic heterocycles.